The van der Waals surface area contributed by atoms with Gasteiger partial charge in [0.05, 0.1) is 12.6 Å². The summed E-state index contributed by atoms with van der Waals surface area (Å²) in [6.07, 6.45) is 8.91. The summed E-state index contributed by atoms with van der Waals surface area (Å²) in [5.74, 6) is 0.948. The Bertz CT molecular complexity index is 592. The van der Waals surface area contributed by atoms with Crippen LogP contribution in [0.2, 0.25) is 0 Å². The number of hydrogen-bond donors (Lipinski definition) is 2. The zero-order valence-electron chi connectivity index (χ0n) is 12.6. The zero-order chi connectivity index (χ0) is 15.5. The van der Waals surface area contributed by atoms with Crippen molar-refractivity contribution in [3.8, 4) is 5.75 Å². The third kappa shape index (κ3) is 3.42. The van der Waals surface area contributed by atoms with E-state index in [-0.39, 0.29) is 6.54 Å². The molecule has 0 spiro atoms. The van der Waals surface area contributed by atoms with Crippen LogP contribution in [0, 0.1) is 0 Å². The first-order valence-corrected chi connectivity index (χ1v) is 7.87. The van der Waals surface area contributed by atoms with Gasteiger partial charge in [0.2, 0.25) is 0 Å². The molecule has 3 rings (SSSR count). The molecule has 1 fully saturated rings. The van der Waals surface area contributed by atoms with E-state index in [0.717, 1.165) is 42.6 Å². The van der Waals surface area contributed by atoms with E-state index < -0.39 is 6.03 Å². The molecule has 0 bridgehead atoms. The Morgan fingerprint density at radius 1 is 1.32 bits per heavy atom. The van der Waals surface area contributed by atoms with E-state index in [9.17, 15) is 10.0 Å². The van der Waals surface area contributed by atoms with Gasteiger partial charge >= 0.3 is 6.03 Å². The van der Waals surface area contributed by atoms with Crippen molar-refractivity contribution in [2.75, 3.05) is 6.54 Å². The molecule has 5 heteroatoms. The molecule has 1 saturated carbocycles. The van der Waals surface area contributed by atoms with Crippen molar-refractivity contribution in [3.05, 3.63) is 34.9 Å². The number of urea groups is 1. The SMILES string of the molecule is NC(=O)N(O)CC1=Cc2ccc(OC3CCCC3)cc2CC1. The van der Waals surface area contributed by atoms with E-state index >= 15 is 0 Å². The summed E-state index contributed by atoms with van der Waals surface area (Å²) in [6.45, 7) is 0.162. The van der Waals surface area contributed by atoms with Gasteiger partial charge in [0.25, 0.3) is 0 Å². The van der Waals surface area contributed by atoms with E-state index in [1.165, 1.54) is 18.4 Å². The number of ether oxygens (including phenoxy) is 1. The number of benzene rings is 1. The molecule has 0 unspecified atom stereocenters. The molecule has 22 heavy (non-hydrogen) atoms. The second-order valence-corrected chi connectivity index (χ2v) is 6.08. The van der Waals surface area contributed by atoms with E-state index in [1.807, 2.05) is 18.2 Å². The number of primary amides is 1. The van der Waals surface area contributed by atoms with Crippen LogP contribution in [0.15, 0.2) is 23.8 Å². The molecule has 2 amide bonds. The number of fused-ring (bicyclic) bond motifs is 1. The third-order valence-corrected chi connectivity index (χ3v) is 4.40. The van der Waals surface area contributed by atoms with Crippen LogP contribution in [-0.2, 0) is 6.42 Å². The first-order valence-electron chi connectivity index (χ1n) is 7.87. The fraction of sp³-hybridized carbons (Fsp3) is 0.471. The largest absolute Gasteiger partial charge is 0.490 e. The van der Waals surface area contributed by atoms with E-state index in [1.54, 1.807) is 0 Å². The Hall–Kier alpha value is -2.01. The Morgan fingerprint density at radius 2 is 2.09 bits per heavy atom. The molecule has 0 radical (unpaired) electrons. The van der Waals surface area contributed by atoms with E-state index in [2.05, 4.69) is 6.07 Å². The summed E-state index contributed by atoms with van der Waals surface area (Å²) in [5, 5.41) is 9.98. The fourth-order valence-electron chi connectivity index (χ4n) is 3.19. The number of rotatable bonds is 4. The van der Waals surface area contributed by atoms with Gasteiger partial charge in [-0.05, 0) is 67.4 Å². The van der Waals surface area contributed by atoms with Crippen molar-refractivity contribution in [2.24, 2.45) is 5.73 Å². The molecule has 2 aliphatic rings. The first-order chi connectivity index (χ1) is 10.6. The van der Waals surface area contributed by atoms with Crippen LogP contribution in [0.25, 0.3) is 6.08 Å². The molecule has 0 aliphatic heterocycles. The van der Waals surface area contributed by atoms with Crippen LogP contribution in [-0.4, -0.2) is 29.0 Å². The van der Waals surface area contributed by atoms with Crippen LogP contribution < -0.4 is 10.5 Å². The van der Waals surface area contributed by atoms with Gasteiger partial charge in [-0.1, -0.05) is 12.1 Å². The Morgan fingerprint density at radius 3 is 2.82 bits per heavy atom. The molecule has 3 N–H and O–H groups in total. The summed E-state index contributed by atoms with van der Waals surface area (Å²) < 4.78 is 6.03. The predicted molar refractivity (Wildman–Crippen MR) is 83.7 cm³/mol. The molecule has 5 nitrogen and oxygen atoms in total. The smallest absolute Gasteiger partial charge is 0.338 e. The monoisotopic (exact) mass is 302 g/mol. The normalized spacial score (nSPS) is 17.8. The minimum absolute atomic E-state index is 0.162. The average molecular weight is 302 g/mol. The van der Waals surface area contributed by atoms with Crippen molar-refractivity contribution < 1.29 is 14.7 Å². The van der Waals surface area contributed by atoms with E-state index in [0.29, 0.717) is 11.2 Å². The minimum atomic E-state index is -0.827. The third-order valence-electron chi connectivity index (χ3n) is 4.40. The van der Waals surface area contributed by atoms with Crippen LogP contribution >= 0.6 is 0 Å². The number of carbonyl (C=O) groups is 1. The molecular weight excluding hydrogens is 280 g/mol. The summed E-state index contributed by atoms with van der Waals surface area (Å²) in [6, 6.07) is 5.34. The lowest BCUT2D eigenvalue weighted by Gasteiger charge is -2.21. The van der Waals surface area contributed by atoms with Gasteiger partial charge in [-0.3, -0.25) is 5.21 Å². The lowest BCUT2D eigenvalue weighted by molar-refractivity contribution is -0.0313. The number of carbonyl (C=O) groups excluding carboxylic acids is 1. The Labute approximate surface area is 130 Å². The molecule has 1 aromatic rings. The summed E-state index contributed by atoms with van der Waals surface area (Å²) >= 11 is 0. The quantitative estimate of drug-likeness (QED) is 0.663. The van der Waals surface area contributed by atoms with Gasteiger partial charge in [0.15, 0.2) is 0 Å². The second-order valence-electron chi connectivity index (χ2n) is 6.08. The van der Waals surface area contributed by atoms with Crippen molar-refractivity contribution >= 4 is 12.1 Å². The second kappa shape index (κ2) is 6.40. The maximum absolute atomic E-state index is 10.9. The molecule has 1 aromatic carbocycles. The predicted octanol–water partition coefficient (Wildman–Crippen LogP) is 3.11. The number of nitrogens with two attached hydrogens (primary N) is 1. The lowest BCUT2D eigenvalue weighted by Crippen LogP contribution is -2.34. The molecular formula is C17H22N2O3. The first kappa shape index (κ1) is 14.9. The summed E-state index contributed by atoms with van der Waals surface area (Å²) in [7, 11) is 0. The zero-order valence-corrected chi connectivity index (χ0v) is 12.6. The van der Waals surface area contributed by atoms with Gasteiger partial charge in [-0.2, -0.15) is 0 Å². The van der Waals surface area contributed by atoms with Crippen LogP contribution in [0.1, 0.15) is 43.2 Å². The topological polar surface area (TPSA) is 75.8 Å². The summed E-state index contributed by atoms with van der Waals surface area (Å²) in [5.41, 5.74) is 8.41. The van der Waals surface area contributed by atoms with Crippen molar-refractivity contribution in [3.63, 3.8) is 0 Å². The van der Waals surface area contributed by atoms with Gasteiger partial charge in [-0.25, -0.2) is 9.86 Å². The fourth-order valence-corrected chi connectivity index (χ4v) is 3.19. The number of nitrogens with zero attached hydrogens (tertiary/aromatic N) is 1. The highest BCUT2D eigenvalue weighted by atomic mass is 16.5. The average Bonchev–Trinajstić information content (AvgIpc) is 3.00. The number of amides is 2. The molecule has 118 valence electrons. The number of aryl methyl sites for hydroxylation is 1. The van der Waals surface area contributed by atoms with Crippen molar-refractivity contribution in [2.45, 2.75) is 44.6 Å². The van der Waals surface area contributed by atoms with Gasteiger partial charge in [-0.15, -0.1) is 0 Å². The molecule has 0 saturated heterocycles. The standard InChI is InChI=1S/C17H22N2O3/c18-17(20)19(21)11-12-5-6-14-10-16(8-7-13(14)9-12)22-15-3-1-2-4-15/h7-10,15,21H,1-6,11H2,(H2,18,20). The Balaban J connectivity index is 1.69. The molecule has 2 aliphatic carbocycles. The highest BCUT2D eigenvalue weighted by Crippen LogP contribution is 2.30. The number of hydroxylamine groups is 2. The van der Waals surface area contributed by atoms with Crippen molar-refractivity contribution in [1.29, 1.82) is 0 Å². The highest BCUT2D eigenvalue weighted by Gasteiger charge is 2.18. The maximum Gasteiger partial charge on any atom is 0.338 e. The van der Waals surface area contributed by atoms with Crippen LogP contribution in [0.4, 0.5) is 4.79 Å². The van der Waals surface area contributed by atoms with Crippen LogP contribution in [0.5, 0.6) is 5.75 Å². The van der Waals surface area contributed by atoms with Crippen LogP contribution in [0.3, 0.4) is 0 Å². The molecule has 0 aromatic heterocycles. The van der Waals surface area contributed by atoms with Gasteiger partial charge in [0.1, 0.15) is 5.75 Å². The number of hydrogen-bond acceptors (Lipinski definition) is 3. The van der Waals surface area contributed by atoms with Gasteiger partial charge < -0.3 is 10.5 Å². The maximum atomic E-state index is 10.9. The molecule has 0 atom stereocenters. The molecule has 0 heterocycles. The Kier molecular flexibility index (Phi) is 4.34. The lowest BCUT2D eigenvalue weighted by atomic mass is 9.92. The van der Waals surface area contributed by atoms with E-state index in [4.69, 9.17) is 10.5 Å². The van der Waals surface area contributed by atoms with Crippen molar-refractivity contribution in [1.82, 2.24) is 5.06 Å². The minimum Gasteiger partial charge on any atom is -0.490 e. The summed E-state index contributed by atoms with van der Waals surface area (Å²) in [4.78, 5) is 10.9. The highest BCUT2D eigenvalue weighted by molar-refractivity contribution is 5.71. The van der Waals surface area contributed by atoms with Gasteiger partial charge in [0, 0.05) is 0 Å².